The van der Waals surface area contributed by atoms with Gasteiger partial charge in [0.2, 0.25) is 0 Å². The number of aryl methyl sites for hydroxylation is 1. The molecule has 4 nitrogen and oxygen atoms in total. The van der Waals surface area contributed by atoms with Gasteiger partial charge in [-0.15, -0.1) is 11.3 Å². The molecular weight excluding hydrogens is 311 g/mol. The Labute approximate surface area is 99.3 Å². The lowest BCUT2D eigenvalue weighted by molar-refractivity contribution is 0.678. The largest absolute Gasteiger partial charge is 0.383 e. The van der Waals surface area contributed by atoms with E-state index in [4.69, 9.17) is 5.73 Å². The first kappa shape index (κ1) is 9.91. The topological polar surface area (TPSA) is 56.7 Å². The molecule has 0 aliphatic rings. The van der Waals surface area contributed by atoms with E-state index < -0.39 is 0 Å². The second-order valence-electron chi connectivity index (χ2n) is 2.92. The Hall–Kier alpha value is -0.630. The summed E-state index contributed by atoms with van der Waals surface area (Å²) >= 11 is 3.79. The van der Waals surface area contributed by atoms with E-state index in [1.807, 2.05) is 17.8 Å². The molecule has 2 rings (SSSR count). The Morgan fingerprint density at radius 2 is 2.43 bits per heavy atom. The highest BCUT2D eigenvalue weighted by molar-refractivity contribution is 14.1. The lowest BCUT2D eigenvalue weighted by Gasteiger charge is -2.00. The van der Waals surface area contributed by atoms with Crippen molar-refractivity contribution in [1.82, 2.24) is 14.8 Å². The number of aromatic nitrogens is 3. The standard InChI is InChI=1S/C8H9IN4S/c1-5-7(9)8(10)13(12-5)2-6-3-14-4-11-6/h3-4H,2,10H2,1H3. The third-order valence-corrected chi connectivity index (χ3v) is 3.86. The smallest absolute Gasteiger partial charge is 0.135 e. The molecule has 0 aromatic carbocycles. The van der Waals surface area contributed by atoms with Crippen LogP contribution in [0.25, 0.3) is 0 Å². The highest BCUT2D eigenvalue weighted by Crippen LogP contribution is 2.19. The molecule has 2 aromatic heterocycles. The minimum atomic E-state index is 0.652. The van der Waals surface area contributed by atoms with E-state index in [1.54, 1.807) is 16.0 Å². The molecule has 0 atom stereocenters. The van der Waals surface area contributed by atoms with Crippen LogP contribution in [0.5, 0.6) is 0 Å². The molecule has 0 fully saturated rings. The van der Waals surface area contributed by atoms with Crippen LogP contribution in [0.4, 0.5) is 5.82 Å². The highest BCUT2D eigenvalue weighted by Gasteiger charge is 2.09. The molecule has 0 radical (unpaired) electrons. The van der Waals surface area contributed by atoms with E-state index in [-0.39, 0.29) is 0 Å². The van der Waals surface area contributed by atoms with Gasteiger partial charge in [-0.05, 0) is 29.5 Å². The van der Waals surface area contributed by atoms with Gasteiger partial charge >= 0.3 is 0 Å². The van der Waals surface area contributed by atoms with Gasteiger partial charge in [0.25, 0.3) is 0 Å². The van der Waals surface area contributed by atoms with Gasteiger partial charge in [0.1, 0.15) is 5.82 Å². The maximum Gasteiger partial charge on any atom is 0.135 e. The fourth-order valence-electron chi connectivity index (χ4n) is 1.17. The van der Waals surface area contributed by atoms with E-state index in [1.165, 1.54) is 0 Å². The molecule has 0 aliphatic heterocycles. The van der Waals surface area contributed by atoms with Crippen LogP contribution in [0.3, 0.4) is 0 Å². The molecule has 0 bridgehead atoms. The van der Waals surface area contributed by atoms with E-state index in [2.05, 4.69) is 32.7 Å². The van der Waals surface area contributed by atoms with Crippen molar-refractivity contribution in [2.75, 3.05) is 5.73 Å². The maximum absolute atomic E-state index is 5.89. The van der Waals surface area contributed by atoms with Crippen molar-refractivity contribution in [2.45, 2.75) is 13.5 Å². The maximum atomic E-state index is 5.89. The molecule has 14 heavy (non-hydrogen) atoms. The normalized spacial score (nSPS) is 10.7. The average molecular weight is 320 g/mol. The van der Waals surface area contributed by atoms with Crippen molar-refractivity contribution in [3.8, 4) is 0 Å². The van der Waals surface area contributed by atoms with Gasteiger partial charge in [0.15, 0.2) is 0 Å². The van der Waals surface area contributed by atoms with Crippen LogP contribution in [0.1, 0.15) is 11.4 Å². The van der Waals surface area contributed by atoms with Gasteiger partial charge in [-0.3, -0.25) is 0 Å². The number of rotatable bonds is 2. The molecule has 2 heterocycles. The van der Waals surface area contributed by atoms with Crippen molar-refractivity contribution >= 4 is 39.7 Å². The zero-order chi connectivity index (χ0) is 10.1. The number of nitrogen functional groups attached to an aromatic ring is 1. The van der Waals surface area contributed by atoms with E-state index in [0.717, 1.165) is 20.8 Å². The number of thiazole rings is 1. The van der Waals surface area contributed by atoms with Crippen molar-refractivity contribution in [2.24, 2.45) is 0 Å². The second kappa shape index (κ2) is 3.85. The molecule has 0 spiro atoms. The third-order valence-electron chi connectivity index (χ3n) is 1.89. The van der Waals surface area contributed by atoms with Gasteiger partial charge in [0.05, 0.1) is 27.0 Å². The molecule has 2 N–H and O–H groups in total. The van der Waals surface area contributed by atoms with Gasteiger partial charge in [-0.1, -0.05) is 0 Å². The molecule has 0 saturated carbocycles. The summed E-state index contributed by atoms with van der Waals surface area (Å²) in [6.45, 7) is 2.61. The minimum absolute atomic E-state index is 0.652. The molecule has 6 heteroatoms. The van der Waals surface area contributed by atoms with Crippen molar-refractivity contribution in [3.05, 3.63) is 25.8 Å². The first-order chi connectivity index (χ1) is 6.68. The summed E-state index contributed by atoms with van der Waals surface area (Å²) < 4.78 is 2.81. The SMILES string of the molecule is Cc1nn(Cc2cscn2)c(N)c1I. The van der Waals surface area contributed by atoms with Crippen LogP contribution >= 0.6 is 33.9 Å². The molecule has 0 aliphatic carbocycles. The number of halogens is 1. The predicted molar refractivity (Wildman–Crippen MR) is 65.3 cm³/mol. The van der Waals surface area contributed by atoms with Crippen molar-refractivity contribution in [3.63, 3.8) is 0 Å². The Bertz CT molecular complexity index is 434. The molecular formula is C8H9IN4S. The summed E-state index contributed by atoms with van der Waals surface area (Å²) in [5, 5.41) is 6.34. The predicted octanol–water partition coefficient (Wildman–Crippen LogP) is 1.88. The van der Waals surface area contributed by atoms with E-state index in [9.17, 15) is 0 Å². The van der Waals surface area contributed by atoms with Gasteiger partial charge in [-0.25, -0.2) is 9.67 Å². The Kier molecular flexibility index (Phi) is 2.73. The molecule has 2 aromatic rings. The lowest BCUT2D eigenvalue weighted by Crippen LogP contribution is -2.06. The first-order valence-corrected chi connectivity index (χ1v) is 6.06. The number of anilines is 1. The monoisotopic (exact) mass is 320 g/mol. The molecule has 0 saturated heterocycles. The van der Waals surface area contributed by atoms with Crippen LogP contribution in [-0.2, 0) is 6.54 Å². The van der Waals surface area contributed by atoms with Gasteiger partial charge in [-0.2, -0.15) is 5.10 Å². The quantitative estimate of drug-likeness (QED) is 0.860. The average Bonchev–Trinajstić information content (AvgIpc) is 2.73. The number of nitrogens with zero attached hydrogens (tertiary/aromatic N) is 3. The highest BCUT2D eigenvalue weighted by atomic mass is 127. The van der Waals surface area contributed by atoms with Gasteiger partial charge in [0, 0.05) is 5.38 Å². The van der Waals surface area contributed by atoms with Crippen molar-refractivity contribution in [1.29, 1.82) is 0 Å². The van der Waals surface area contributed by atoms with Crippen LogP contribution < -0.4 is 5.73 Å². The summed E-state index contributed by atoms with van der Waals surface area (Å²) in [6, 6.07) is 0. The molecule has 74 valence electrons. The second-order valence-corrected chi connectivity index (χ2v) is 4.72. The number of hydrogen-bond acceptors (Lipinski definition) is 4. The summed E-state index contributed by atoms with van der Waals surface area (Å²) in [7, 11) is 0. The molecule has 0 amide bonds. The summed E-state index contributed by atoms with van der Waals surface area (Å²) in [4.78, 5) is 4.19. The minimum Gasteiger partial charge on any atom is -0.383 e. The first-order valence-electron chi connectivity index (χ1n) is 4.04. The van der Waals surface area contributed by atoms with E-state index in [0.29, 0.717) is 6.54 Å². The van der Waals surface area contributed by atoms with Crippen LogP contribution in [0, 0.1) is 10.5 Å². The van der Waals surface area contributed by atoms with Crippen LogP contribution in [-0.4, -0.2) is 14.8 Å². The third kappa shape index (κ3) is 1.76. The molecule has 0 unspecified atom stereocenters. The van der Waals surface area contributed by atoms with Crippen LogP contribution in [0.2, 0.25) is 0 Å². The Balaban J connectivity index is 2.30. The van der Waals surface area contributed by atoms with Crippen molar-refractivity contribution < 1.29 is 0 Å². The van der Waals surface area contributed by atoms with E-state index >= 15 is 0 Å². The van der Waals surface area contributed by atoms with Crippen LogP contribution in [0.15, 0.2) is 10.9 Å². The fourth-order valence-corrected chi connectivity index (χ4v) is 2.10. The number of nitrogens with two attached hydrogens (primary N) is 1. The fraction of sp³-hybridized carbons (Fsp3) is 0.250. The zero-order valence-corrected chi connectivity index (χ0v) is 10.5. The zero-order valence-electron chi connectivity index (χ0n) is 7.57. The van der Waals surface area contributed by atoms with Gasteiger partial charge < -0.3 is 5.73 Å². The Morgan fingerprint density at radius 1 is 1.64 bits per heavy atom. The number of hydrogen-bond donors (Lipinski definition) is 1. The summed E-state index contributed by atoms with van der Waals surface area (Å²) in [5.74, 6) is 0.719. The summed E-state index contributed by atoms with van der Waals surface area (Å²) in [6.07, 6.45) is 0. The Morgan fingerprint density at radius 3 is 2.93 bits per heavy atom. The summed E-state index contributed by atoms with van der Waals surface area (Å²) in [5.41, 5.74) is 9.67. The lowest BCUT2D eigenvalue weighted by atomic mass is 10.4.